The van der Waals surface area contributed by atoms with Crippen molar-refractivity contribution in [1.29, 1.82) is 0 Å². The first-order valence-electron chi connectivity index (χ1n) is 6.99. The number of hydrogen-bond donors (Lipinski definition) is 0. The lowest BCUT2D eigenvalue weighted by Crippen LogP contribution is -2.38. The molecule has 1 aliphatic carbocycles. The molecule has 1 aliphatic rings. The van der Waals surface area contributed by atoms with E-state index in [0.717, 1.165) is 5.33 Å². The van der Waals surface area contributed by atoms with Crippen molar-refractivity contribution in [3.63, 3.8) is 0 Å². The third-order valence-electron chi connectivity index (χ3n) is 4.21. The maximum absolute atomic E-state index is 3.76. The summed E-state index contributed by atoms with van der Waals surface area (Å²) < 4.78 is 0. The molecule has 0 spiro atoms. The van der Waals surface area contributed by atoms with Gasteiger partial charge in [-0.3, -0.25) is 0 Å². The normalized spacial score (nSPS) is 18.6. The topological polar surface area (TPSA) is 3.24 Å². The number of anilines is 1. The maximum Gasteiger partial charge on any atom is 0.0366 e. The van der Waals surface area contributed by atoms with Gasteiger partial charge in [-0.15, -0.1) is 0 Å². The van der Waals surface area contributed by atoms with Gasteiger partial charge in [-0.05, 0) is 42.9 Å². The van der Waals surface area contributed by atoms with Gasteiger partial charge in [-0.2, -0.15) is 0 Å². The Bertz CT molecular complexity index is 382. The Balaban J connectivity index is 2.07. The van der Waals surface area contributed by atoms with Gasteiger partial charge in [0.2, 0.25) is 0 Å². The van der Waals surface area contributed by atoms with Crippen LogP contribution in [0.15, 0.2) is 24.3 Å². The molecule has 0 unspecified atom stereocenters. The molecule has 1 aromatic rings. The molecular formula is C16H24BrN. The van der Waals surface area contributed by atoms with Crippen LogP contribution in [-0.2, 0) is 0 Å². The number of rotatable bonds is 4. The van der Waals surface area contributed by atoms with Crippen LogP contribution in [0.4, 0.5) is 5.69 Å². The minimum atomic E-state index is 0.483. The lowest BCUT2D eigenvalue weighted by Gasteiger charge is -2.39. The summed E-state index contributed by atoms with van der Waals surface area (Å²) in [6, 6.07) is 8.82. The van der Waals surface area contributed by atoms with Crippen molar-refractivity contribution in [2.45, 2.75) is 39.0 Å². The van der Waals surface area contributed by atoms with Gasteiger partial charge in [0.05, 0.1) is 0 Å². The van der Waals surface area contributed by atoms with Gasteiger partial charge in [0, 0.05) is 24.6 Å². The minimum Gasteiger partial charge on any atom is -0.374 e. The quantitative estimate of drug-likeness (QED) is 0.724. The zero-order valence-electron chi connectivity index (χ0n) is 11.6. The lowest BCUT2D eigenvalue weighted by atomic mass is 9.75. The first kappa shape index (κ1) is 13.9. The first-order chi connectivity index (χ1) is 8.65. The number of aryl methyl sites for hydroxylation is 1. The maximum atomic E-state index is 3.76. The fraction of sp³-hybridized carbons (Fsp3) is 0.625. The summed E-state index contributed by atoms with van der Waals surface area (Å²) in [6.45, 7) is 3.33. The predicted octanol–water partition coefficient (Wildman–Crippen LogP) is 4.78. The SMILES string of the molecule is Cc1cccc(N(C)CC2(CBr)CCCCC2)c1. The van der Waals surface area contributed by atoms with E-state index >= 15 is 0 Å². The van der Waals surface area contributed by atoms with Crippen LogP contribution in [0.5, 0.6) is 0 Å². The zero-order valence-corrected chi connectivity index (χ0v) is 13.2. The summed E-state index contributed by atoms with van der Waals surface area (Å²) in [6.07, 6.45) is 6.95. The van der Waals surface area contributed by atoms with Gasteiger partial charge < -0.3 is 4.90 Å². The Morgan fingerprint density at radius 3 is 2.56 bits per heavy atom. The van der Waals surface area contributed by atoms with Crippen LogP contribution in [0.3, 0.4) is 0 Å². The fourth-order valence-corrected chi connectivity index (χ4v) is 3.83. The molecule has 1 fully saturated rings. The van der Waals surface area contributed by atoms with Crippen LogP contribution in [-0.4, -0.2) is 18.9 Å². The highest BCUT2D eigenvalue weighted by molar-refractivity contribution is 9.09. The van der Waals surface area contributed by atoms with Crippen molar-refractivity contribution in [2.75, 3.05) is 23.8 Å². The highest BCUT2D eigenvalue weighted by atomic mass is 79.9. The number of hydrogen-bond acceptors (Lipinski definition) is 1. The summed E-state index contributed by atoms with van der Waals surface area (Å²) in [5.41, 5.74) is 3.17. The van der Waals surface area contributed by atoms with Crippen LogP contribution in [0.25, 0.3) is 0 Å². The molecule has 0 saturated heterocycles. The summed E-state index contributed by atoms with van der Waals surface area (Å²) in [5, 5.41) is 1.14. The number of alkyl halides is 1. The number of benzene rings is 1. The highest BCUT2D eigenvalue weighted by Crippen LogP contribution is 2.39. The molecule has 0 aromatic heterocycles. The van der Waals surface area contributed by atoms with Crippen LogP contribution in [0.1, 0.15) is 37.7 Å². The highest BCUT2D eigenvalue weighted by Gasteiger charge is 2.32. The second kappa shape index (κ2) is 6.10. The third kappa shape index (κ3) is 3.28. The molecule has 2 rings (SSSR count). The van der Waals surface area contributed by atoms with E-state index in [1.165, 1.54) is 49.9 Å². The van der Waals surface area contributed by atoms with Crippen LogP contribution >= 0.6 is 15.9 Å². The predicted molar refractivity (Wildman–Crippen MR) is 83.8 cm³/mol. The zero-order chi connectivity index (χ0) is 13.0. The van der Waals surface area contributed by atoms with Gasteiger partial charge >= 0.3 is 0 Å². The monoisotopic (exact) mass is 309 g/mol. The molecule has 100 valence electrons. The first-order valence-corrected chi connectivity index (χ1v) is 8.11. The van der Waals surface area contributed by atoms with E-state index in [1.807, 2.05) is 0 Å². The van der Waals surface area contributed by atoms with Gasteiger partial charge in [0.1, 0.15) is 0 Å². The molecule has 1 saturated carbocycles. The van der Waals surface area contributed by atoms with Crippen molar-refractivity contribution in [1.82, 2.24) is 0 Å². The summed E-state index contributed by atoms with van der Waals surface area (Å²) in [4.78, 5) is 2.43. The van der Waals surface area contributed by atoms with Gasteiger partial charge in [0.25, 0.3) is 0 Å². The molecule has 1 aromatic carbocycles. The van der Waals surface area contributed by atoms with E-state index in [-0.39, 0.29) is 0 Å². The molecular weight excluding hydrogens is 286 g/mol. The standard InChI is InChI=1S/C16H24BrN/c1-14-7-6-8-15(11-14)18(2)13-16(12-17)9-4-3-5-10-16/h6-8,11H,3-5,9-10,12-13H2,1-2H3. The summed E-state index contributed by atoms with van der Waals surface area (Å²) >= 11 is 3.76. The second-order valence-corrected chi connectivity index (χ2v) is 6.45. The third-order valence-corrected chi connectivity index (χ3v) is 5.40. The molecule has 1 nitrogen and oxygen atoms in total. The van der Waals surface area contributed by atoms with Crippen molar-refractivity contribution in [3.8, 4) is 0 Å². The Morgan fingerprint density at radius 2 is 1.94 bits per heavy atom. The molecule has 0 aliphatic heterocycles. The van der Waals surface area contributed by atoms with Crippen molar-refractivity contribution in [3.05, 3.63) is 29.8 Å². The molecule has 0 bridgehead atoms. The van der Waals surface area contributed by atoms with Crippen molar-refractivity contribution >= 4 is 21.6 Å². The average Bonchev–Trinajstić information content (AvgIpc) is 2.40. The molecule has 18 heavy (non-hydrogen) atoms. The molecule has 0 radical (unpaired) electrons. The Hall–Kier alpha value is -0.500. The van der Waals surface area contributed by atoms with Gasteiger partial charge in [0.15, 0.2) is 0 Å². The Labute approximate surface area is 120 Å². The van der Waals surface area contributed by atoms with E-state index in [0.29, 0.717) is 5.41 Å². The lowest BCUT2D eigenvalue weighted by molar-refractivity contribution is 0.232. The van der Waals surface area contributed by atoms with E-state index in [1.54, 1.807) is 0 Å². The van der Waals surface area contributed by atoms with E-state index < -0.39 is 0 Å². The van der Waals surface area contributed by atoms with E-state index in [2.05, 4.69) is 59.1 Å². The second-order valence-electron chi connectivity index (χ2n) is 5.89. The van der Waals surface area contributed by atoms with Crippen molar-refractivity contribution < 1.29 is 0 Å². The largest absolute Gasteiger partial charge is 0.374 e. The van der Waals surface area contributed by atoms with E-state index in [4.69, 9.17) is 0 Å². The molecule has 0 amide bonds. The molecule has 0 N–H and O–H groups in total. The fourth-order valence-electron chi connectivity index (χ4n) is 3.10. The van der Waals surface area contributed by atoms with Crippen LogP contribution < -0.4 is 4.90 Å². The molecule has 2 heteroatoms. The smallest absolute Gasteiger partial charge is 0.0366 e. The van der Waals surface area contributed by atoms with Gasteiger partial charge in [-0.1, -0.05) is 47.3 Å². The Kier molecular flexibility index (Phi) is 4.71. The van der Waals surface area contributed by atoms with Crippen LogP contribution in [0, 0.1) is 12.3 Å². The molecule has 0 atom stereocenters. The summed E-state index contributed by atoms with van der Waals surface area (Å²) in [7, 11) is 2.23. The molecule has 0 heterocycles. The van der Waals surface area contributed by atoms with E-state index in [9.17, 15) is 0 Å². The van der Waals surface area contributed by atoms with Crippen molar-refractivity contribution in [2.24, 2.45) is 5.41 Å². The number of halogens is 1. The number of nitrogens with zero attached hydrogens (tertiary/aromatic N) is 1. The average molecular weight is 310 g/mol. The Morgan fingerprint density at radius 1 is 1.22 bits per heavy atom. The van der Waals surface area contributed by atoms with Gasteiger partial charge in [-0.25, -0.2) is 0 Å². The summed E-state index contributed by atoms with van der Waals surface area (Å²) in [5.74, 6) is 0. The minimum absolute atomic E-state index is 0.483. The van der Waals surface area contributed by atoms with Crippen LogP contribution in [0.2, 0.25) is 0 Å².